The van der Waals surface area contributed by atoms with Gasteiger partial charge in [-0.1, -0.05) is 17.7 Å². The summed E-state index contributed by atoms with van der Waals surface area (Å²) < 4.78 is 4.68. The molecule has 0 aromatic heterocycles. The lowest BCUT2D eigenvalue weighted by atomic mass is 10.2. The molecule has 0 heterocycles. The number of carbonyl (C=O) groups is 2. The molecule has 0 atom stereocenters. The van der Waals surface area contributed by atoms with Gasteiger partial charge in [-0.2, -0.15) is 5.26 Å². The predicted molar refractivity (Wildman–Crippen MR) is 86.8 cm³/mol. The number of alkyl carbamates (subject to hydrolysis) is 1. The molecule has 0 bridgehead atoms. The van der Waals surface area contributed by atoms with Crippen LogP contribution in [0.5, 0.6) is 0 Å². The number of nitrogens with zero attached hydrogens (tertiary/aromatic N) is 1. The molecular formula is C15H17ClN4O3. The Morgan fingerprint density at radius 1 is 1.39 bits per heavy atom. The van der Waals surface area contributed by atoms with Gasteiger partial charge >= 0.3 is 6.09 Å². The van der Waals surface area contributed by atoms with Crippen LogP contribution in [-0.4, -0.2) is 31.7 Å². The fourth-order valence-corrected chi connectivity index (χ4v) is 1.70. The van der Waals surface area contributed by atoms with Crippen molar-refractivity contribution >= 4 is 29.3 Å². The van der Waals surface area contributed by atoms with Crippen LogP contribution in [0, 0.1) is 11.3 Å². The fourth-order valence-electron chi connectivity index (χ4n) is 1.51. The highest BCUT2D eigenvalue weighted by Crippen LogP contribution is 2.15. The van der Waals surface area contributed by atoms with Crippen molar-refractivity contribution < 1.29 is 14.3 Å². The van der Waals surface area contributed by atoms with Crippen LogP contribution in [0.25, 0.3) is 0 Å². The Kier molecular flexibility index (Phi) is 8.03. The molecule has 3 N–H and O–H groups in total. The van der Waals surface area contributed by atoms with Gasteiger partial charge in [0, 0.05) is 30.0 Å². The van der Waals surface area contributed by atoms with E-state index >= 15 is 0 Å². The largest absolute Gasteiger partial charge is 0.450 e. The number of nitrogens with one attached hydrogen (secondary N) is 3. The molecule has 1 rings (SSSR count). The molecule has 0 aliphatic rings. The third-order valence-electron chi connectivity index (χ3n) is 2.51. The predicted octanol–water partition coefficient (Wildman–Crippen LogP) is 2.02. The molecule has 0 spiro atoms. The van der Waals surface area contributed by atoms with Crippen LogP contribution in [0.2, 0.25) is 5.02 Å². The summed E-state index contributed by atoms with van der Waals surface area (Å²) in [5, 5.41) is 17.3. The van der Waals surface area contributed by atoms with Crippen LogP contribution >= 0.6 is 11.6 Å². The summed E-state index contributed by atoms with van der Waals surface area (Å²) in [5.41, 5.74) is 0.397. The normalized spacial score (nSPS) is 10.4. The van der Waals surface area contributed by atoms with Gasteiger partial charge in [-0.25, -0.2) is 4.79 Å². The number of nitriles is 1. The van der Waals surface area contributed by atoms with Crippen molar-refractivity contribution in [3.63, 3.8) is 0 Å². The Bertz CT molecular complexity index is 625. The highest BCUT2D eigenvalue weighted by atomic mass is 35.5. The zero-order valence-corrected chi connectivity index (χ0v) is 13.3. The molecule has 0 unspecified atom stereocenters. The maximum Gasteiger partial charge on any atom is 0.407 e. The second-order valence-electron chi connectivity index (χ2n) is 4.24. The Labute approximate surface area is 139 Å². The molecule has 0 aliphatic heterocycles. The molecule has 0 aliphatic carbocycles. The van der Waals surface area contributed by atoms with E-state index in [0.29, 0.717) is 30.4 Å². The Hall–Kier alpha value is -2.72. The molecule has 1 aromatic rings. The smallest absolute Gasteiger partial charge is 0.407 e. The van der Waals surface area contributed by atoms with Gasteiger partial charge in [0.25, 0.3) is 5.91 Å². The summed E-state index contributed by atoms with van der Waals surface area (Å²) in [6, 6.07) is 8.40. The zero-order chi connectivity index (χ0) is 17.1. The van der Waals surface area contributed by atoms with E-state index in [4.69, 9.17) is 16.9 Å². The number of amides is 2. The van der Waals surface area contributed by atoms with E-state index in [-0.39, 0.29) is 5.57 Å². The fraction of sp³-hybridized carbons (Fsp3) is 0.267. The summed E-state index contributed by atoms with van der Waals surface area (Å²) in [4.78, 5) is 23.0. The Balaban J connectivity index is 2.44. The number of ether oxygens (including phenoxy) is 1. The SMILES string of the molecule is CCOC(=O)NCCN/C=C(/C#N)C(=O)Nc1cccc(Cl)c1. The van der Waals surface area contributed by atoms with E-state index < -0.39 is 12.0 Å². The minimum Gasteiger partial charge on any atom is -0.450 e. The Morgan fingerprint density at radius 3 is 2.83 bits per heavy atom. The number of hydrogen-bond donors (Lipinski definition) is 3. The molecular weight excluding hydrogens is 320 g/mol. The van der Waals surface area contributed by atoms with Crippen molar-refractivity contribution in [2.24, 2.45) is 0 Å². The summed E-state index contributed by atoms with van der Waals surface area (Å²) >= 11 is 5.82. The molecule has 8 heteroatoms. The third-order valence-corrected chi connectivity index (χ3v) is 2.74. The second kappa shape index (κ2) is 10.1. The van der Waals surface area contributed by atoms with Crippen molar-refractivity contribution in [3.8, 4) is 6.07 Å². The first-order valence-corrected chi connectivity index (χ1v) is 7.25. The zero-order valence-electron chi connectivity index (χ0n) is 12.6. The highest BCUT2D eigenvalue weighted by Gasteiger charge is 2.09. The maximum atomic E-state index is 11.9. The monoisotopic (exact) mass is 336 g/mol. The molecule has 1 aromatic carbocycles. The molecule has 122 valence electrons. The number of anilines is 1. The van der Waals surface area contributed by atoms with Crippen LogP contribution in [0.1, 0.15) is 6.92 Å². The number of carbonyl (C=O) groups excluding carboxylic acids is 2. The van der Waals surface area contributed by atoms with Crippen LogP contribution in [0.15, 0.2) is 36.0 Å². The number of benzene rings is 1. The van der Waals surface area contributed by atoms with E-state index in [1.807, 2.05) is 0 Å². The van der Waals surface area contributed by atoms with Crippen LogP contribution in [-0.2, 0) is 9.53 Å². The first-order chi connectivity index (χ1) is 11.1. The minimum atomic E-state index is -0.555. The van der Waals surface area contributed by atoms with Gasteiger partial charge in [0.2, 0.25) is 0 Å². The lowest BCUT2D eigenvalue weighted by molar-refractivity contribution is -0.112. The van der Waals surface area contributed by atoms with Crippen LogP contribution in [0.4, 0.5) is 10.5 Å². The lowest BCUT2D eigenvalue weighted by Crippen LogP contribution is -2.31. The Morgan fingerprint density at radius 2 is 2.17 bits per heavy atom. The van der Waals surface area contributed by atoms with Gasteiger partial charge in [0.15, 0.2) is 0 Å². The summed E-state index contributed by atoms with van der Waals surface area (Å²) in [7, 11) is 0. The molecule has 7 nitrogen and oxygen atoms in total. The first-order valence-electron chi connectivity index (χ1n) is 6.88. The molecule has 0 saturated heterocycles. The van der Waals surface area contributed by atoms with Crippen molar-refractivity contribution in [1.29, 1.82) is 5.26 Å². The molecule has 0 radical (unpaired) electrons. The van der Waals surface area contributed by atoms with E-state index in [1.165, 1.54) is 6.20 Å². The minimum absolute atomic E-state index is 0.0962. The van der Waals surface area contributed by atoms with Gasteiger partial charge in [-0.3, -0.25) is 4.79 Å². The third kappa shape index (κ3) is 7.20. The van der Waals surface area contributed by atoms with Gasteiger partial charge in [-0.05, 0) is 25.1 Å². The number of rotatable bonds is 7. The second-order valence-corrected chi connectivity index (χ2v) is 4.67. The lowest BCUT2D eigenvalue weighted by Gasteiger charge is -2.06. The average Bonchev–Trinajstić information content (AvgIpc) is 2.51. The van der Waals surface area contributed by atoms with Gasteiger partial charge in [0.1, 0.15) is 11.6 Å². The number of halogens is 1. The molecule has 0 fully saturated rings. The molecule has 0 saturated carbocycles. The first kappa shape index (κ1) is 18.3. The van der Waals surface area contributed by atoms with Crippen LogP contribution in [0.3, 0.4) is 0 Å². The van der Waals surface area contributed by atoms with E-state index in [2.05, 4.69) is 20.7 Å². The highest BCUT2D eigenvalue weighted by molar-refractivity contribution is 6.31. The van der Waals surface area contributed by atoms with Gasteiger partial charge in [-0.15, -0.1) is 0 Å². The van der Waals surface area contributed by atoms with Crippen LogP contribution < -0.4 is 16.0 Å². The topological polar surface area (TPSA) is 103 Å². The number of hydrogen-bond acceptors (Lipinski definition) is 5. The summed E-state index contributed by atoms with van der Waals surface area (Å²) in [6.07, 6.45) is 0.768. The van der Waals surface area contributed by atoms with Crippen molar-refractivity contribution in [2.75, 3.05) is 25.0 Å². The summed E-state index contributed by atoms with van der Waals surface area (Å²) in [5.74, 6) is -0.555. The van der Waals surface area contributed by atoms with E-state index in [0.717, 1.165) is 0 Å². The van der Waals surface area contributed by atoms with Crippen molar-refractivity contribution in [3.05, 3.63) is 41.1 Å². The quantitative estimate of drug-likeness (QED) is 0.401. The standard InChI is InChI=1S/C15H17ClN4O3/c1-2-23-15(22)19-7-6-18-10-11(9-17)14(21)20-13-5-3-4-12(16)8-13/h3-5,8,10,18H,2,6-7H2,1H3,(H,19,22)(H,20,21)/b11-10-. The van der Waals surface area contributed by atoms with Crippen molar-refractivity contribution in [2.45, 2.75) is 6.92 Å². The van der Waals surface area contributed by atoms with E-state index in [1.54, 1.807) is 37.3 Å². The molecule has 23 heavy (non-hydrogen) atoms. The summed E-state index contributed by atoms with van der Waals surface area (Å²) in [6.45, 7) is 2.64. The van der Waals surface area contributed by atoms with Crippen molar-refractivity contribution in [1.82, 2.24) is 10.6 Å². The van der Waals surface area contributed by atoms with E-state index in [9.17, 15) is 9.59 Å². The van der Waals surface area contributed by atoms with Gasteiger partial charge < -0.3 is 20.7 Å². The van der Waals surface area contributed by atoms with Gasteiger partial charge in [0.05, 0.1) is 6.61 Å². The average molecular weight is 337 g/mol. The maximum absolute atomic E-state index is 11.9. The molecule has 2 amide bonds.